The van der Waals surface area contributed by atoms with E-state index >= 15 is 0 Å². The van der Waals surface area contributed by atoms with E-state index in [-0.39, 0.29) is 18.3 Å². The molecule has 8 heteroatoms. The molecule has 0 radical (unpaired) electrons. The summed E-state index contributed by atoms with van der Waals surface area (Å²) in [6, 6.07) is 16.4. The fraction of sp³-hybridized carbons (Fsp3) is 0.136. The van der Waals surface area contributed by atoms with Crippen molar-refractivity contribution in [3.63, 3.8) is 0 Å². The molecule has 0 spiro atoms. The van der Waals surface area contributed by atoms with Gasteiger partial charge in [-0.15, -0.1) is 0 Å². The number of anilines is 2. The highest BCUT2D eigenvalue weighted by atomic mass is 16.5. The van der Waals surface area contributed by atoms with Gasteiger partial charge in [-0.2, -0.15) is 0 Å². The first-order chi connectivity index (χ1) is 14.4. The summed E-state index contributed by atoms with van der Waals surface area (Å²) < 4.78 is 15.8. The largest absolute Gasteiger partial charge is 0.486 e. The Balaban J connectivity index is 1.54. The normalized spacial score (nSPS) is 10.2. The number of furan rings is 1. The SMILES string of the molecule is COC(=O)c1ccc(OCc2ccc(C(=O)Nc3ccc(NC(C)=O)cc3)o2)cc1. The van der Waals surface area contributed by atoms with E-state index in [2.05, 4.69) is 15.4 Å². The van der Waals surface area contributed by atoms with Crippen LogP contribution < -0.4 is 15.4 Å². The second-order valence-electron chi connectivity index (χ2n) is 6.28. The molecule has 0 saturated carbocycles. The van der Waals surface area contributed by atoms with Crippen molar-refractivity contribution in [2.45, 2.75) is 13.5 Å². The molecule has 2 amide bonds. The van der Waals surface area contributed by atoms with E-state index in [1.807, 2.05) is 0 Å². The number of benzene rings is 2. The number of amides is 2. The van der Waals surface area contributed by atoms with Crippen LogP contribution in [0.2, 0.25) is 0 Å². The lowest BCUT2D eigenvalue weighted by Crippen LogP contribution is -2.11. The smallest absolute Gasteiger partial charge is 0.337 e. The molecule has 30 heavy (non-hydrogen) atoms. The van der Waals surface area contributed by atoms with Gasteiger partial charge in [0.25, 0.3) is 5.91 Å². The van der Waals surface area contributed by atoms with Gasteiger partial charge in [0.2, 0.25) is 5.91 Å². The minimum atomic E-state index is -0.423. The Bertz CT molecular complexity index is 1040. The van der Waals surface area contributed by atoms with Crippen molar-refractivity contribution >= 4 is 29.2 Å². The van der Waals surface area contributed by atoms with Crippen molar-refractivity contribution in [3.05, 3.63) is 77.7 Å². The highest BCUT2D eigenvalue weighted by molar-refractivity contribution is 6.02. The Morgan fingerprint density at radius 1 is 0.867 bits per heavy atom. The Kier molecular flexibility index (Phi) is 6.49. The quantitative estimate of drug-likeness (QED) is 0.575. The van der Waals surface area contributed by atoms with Gasteiger partial charge < -0.3 is 24.5 Å². The summed E-state index contributed by atoms with van der Waals surface area (Å²) in [5, 5.41) is 5.37. The average molecular weight is 408 g/mol. The maximum absolute atomic E-state index is 12.3. The number of carbonyl (C=O) groups is 3. The highest BCUT2D eigenvalue weighted by Crippen LogP contribution is 2.18. The van der Waals surface area contributed by atoms with Crippen molar-refractivity contribution in [1.29, 1.82) is 0 Å². The van der Waals surface area contributed by atoms with Gasteiger partial charge in [-0.25, -0.2) is 4.79 Å². The van der Waals surface area contributed by atoms with E-state index in [9.17, 15) is 14.4 Å². The summed E-state index contributed by atoms with van der Waals surface area (Å²) >= 11 is 0. The van der Waals surface area contributed by atoms with Gasteiger partial charge in [-0.1, -0.05) is 0 Å². The number of methoxy groups -OCH3 is 1. The third-order valence-corrected chi connectivity index (χ3v) is 4.01. The van der Waals surface area contributed by atoms with E-state index in [1.165, 1.54) is 14.0 Å². The van der Waals surface area contributed by atoms with Gasteiger partial charge in [0.1, 0.15) is 18.1 Å². The first-order valence-corrected chi connectivity index (χ1v) is 9.03. The molecule has 1 heterocycles. The van der Waals surface area contributed by atoms with Crippen LogP contribution in [0, 0.1) is 0 Å². The average Bonchev–Trinajstić information content (AvgIpc) is 3.22. The molecule has 0 atom stereocenters. The predicted octanol–water partition coefficient (Wildman–Crippen LogP) is 3.86. The molecular formula is C22H20N2O6. The minimum Gasteiger partial charge on any atom is -0.486 e. The topological polar surface area (TPSA) is 107 Å². The molecular weight excluding hydrogens is 388 g/mol. The lowest BCUT2D eigenvalue weighted by Gasteiger charge is -2.06. The van der Waals surface area contributed by atoms with Gasteiger partial charge in [0.05, 0.1) is 12.7 Å². The maximum atomic E-state index is 12.3. The third kappa shape index (κ3) is 5.48. The van der Waals surface area contributed by atoms with Gasteiger partial charge in [-0.3, -0.25) is 9.59 Å². The molecule has 0 aliphatic heterocycles. The second kappa shape index (κ2) is 9.42. The molecule has 0 aliphatic carbocycles. The fourth-order valence-electron chi connectivity index (χ4n) is 2.57. The Morgan fingerprint density at radius 2 is 1.50 bits per heavy atom. The van der Waals surface area contributed by atoms with Crippen molar-refractivity contribution in [1.82, 2.24) is 0 Å². The molecule has 3 rings (SSSR count). The first-order valence-electron chi connectivity index (χ1n) is 9.03. The number of carbonyl (C=O) groups excluding carboxylic acids is 3. The van der Waals surface area contributed by atoms with E-state index in [0.29, 0.717) is 28.4 Å². The Hall–Kier alpha value is -4.07. The number of ether oxygens (including phenoxy) is 2. The van der Waals surface area contributed by atoms with Crippen LogP contribution in [-0.4, -0.2) is 24.9 Å². The maximum Gasteiger partial charge on any atom is 0.337 e. The first kappa shape index (κ1) is 20.7. The highest BCUT2D eigenvalue weighted by Gasteiger charge is 2.12. The lowest BCUT2D eigenvalue weighted by molar-refractivity contribution is -0.114. The Morgan fingerprint density at radius 3 is 2.10 bits per heavy atom. The van der Waals surface area contributed by atoms with Crippen LogP contribution >= 0.6 is 0 Å². The lowest BCUT2D eigenvalue weighted by atomic mass is 10.2. The van der Waals surface area contributed by atoms with Crippen molar-refractivity contribution in [3.8, 4) is 5.75 Å². The number of nitrogens with one attached hydrogen (secondary N) is 2. The van der Waals surface area contributed by atoms with Crippen molar-refractivity contribution < 1.29 is 28.3 Å². The van der Waals surface area contributed by atoms with E-state index in [4.69, 9.17) is 9.15 Å². The standard InChI is InChI=1S/C22H20N2O6/c1-14(25)23-16-5-7-17(8-6-16)24-21(26)20-12-11-19(30-20)13-29-18-9-3-15(4-10-18)22(27)28-2/h3-12H,13H2,1-2H3,(H,23,25)(H,24,26). The molecule has 8 nitrogen and oxygen atoms in total. The molecule has 1 aromatic heterocycles. The zero-order valence-corrected chi connectivity index (χ0v) is 16.4. The summed E-state index contributed by atoms with van der Waals surface area (Å²) in [5.74, 6) is 0.156. The van der Waals surface area contributed by atoms with Gasteiger partial charge >= 0.3 is 5.97 Å². The molecule has 0 unspecified atom stereocenters. The summed E-state index contributed by atoms with van der Waals surface area (Å²) in [6.07, 6.45) is 0. The van der Waals surface area contributed by atoms with E-state index < -0.39 is 11.9 Å². The molecule has 0 fully saturated rings. The van der Waals surface area contributed by atoms with Crippen LogP contribution in [-0.2, 0) is 16.1 Å². The summed E-state index contributed by atoms with van der Waals surface area (Å²) in [5.41, 5.74) is 1.62. The molecule has 0 saturated heterocycles. The zero-order valence-electron chi connectivity index (χ0n) is 16.4. The summed E-state index contributed by atoms with van der Waals surface area (Å²) in [6.45, 7) is 1.54. The van der Waals surface area contributed by atoms with E-state index in [0.717, 1.165) is 0 Å². The van der Waals surface area contributed by atoms with Gasteiger partial charge in [0.15, 0.2) is 5.76 Å². The number of esters is 1. The number of rotatable bonds is 7. The third-order valence-electron chi connectivity index (χ3n) is 4.01. The van der Waals surface area contributed by atoms with Gasteiger partial charge in [0, 0.05) is 18.3 Å². The summed E-state index contributed by atoms with van der Waals surface area (Å²) in [4.78, 5) is 34.8. The van der Waals surface area contributed by atoms with Crippen LogP contribution in [0.25, 0.3) is 0 Å². The summed E-state index contributed by atoms with van der Waals surface area (Å²) in [7, 11) is 1.32. The van der Waals surface area contributed by atoms with Crippen LogP contribution in [0.15, 0.2) is 65.1 Å². The van der Waals surface area contributed by atoms with Crippen LogP contribution in [0.5, 0.6) is 5.75 Å². The van der Waals surface area contributed by atoms with Crippen LogP contribution in [0.1, 0.15) is 33.6 Å². The fourth-order valence-corrected chi connectivity index (χ4v) is 2.57. The van der Waals surface area contributed by atoms with Crippen molar-refractivity contribution in [2.24, 2.45) is 0 Å². The number of hydrogen-bond donors (Lipinski definition) is 2. The molecule has 3 aromatic rings. The molecule has 0 aliphatic rings. The molecule has 0 bridgehead atoms. The molecule has 2 N–H and O–H groups in total. The predicted molar refractivity (Wildman–Crippen MR) is 110 cm³/mol. The molecule has 154 valence electrons. The van der Waals surface area contributed by atoms with E-state index in [1.54, 1.807) is 60.7 Å². The minimum absolute atomic E-state index is 0.121. The Labute approximate surface area is 172 Å². The van der Waals surface area contributed by atoms with Crippen LogP contribution in [0.4, 0.5) is 11.4 Å². The number of hydrogen-bond acceptors (Lipinski definition) is 6. The monoisotopic (exact) mass is 408 g/mol. The molecule has 2 aromatic carbocycles. The second-order valence-corrected chi connectivity index (χ2v) is 6.28. The zero-order chi connectivity index (χ0) is 21.5. The van der Waals surface area contributed by atoms with Gasteiger partial charge in [-0.05, 0) is 60.7 Å². The van der Waals surface area contributed by atoms with Crippen LogP contribution in [0.3, 0.4) is 0 Å². The van der Waals surface area contributed by atoms with Crippen molar-refractivity contribution in [2.75, 3.05) is 17.7 Å².